The molecule has 1 aromatic carbocycles. The van der Waals surface area contributed by atoms with Gasteiger partial charge < -0.3 is 9.53 Å². The van der Waals surface area contributed by atoms with Gasteiger partial charge in [-0.1, -0.05) is 19.1 Å². The molecule has 1 rings (SSSR count). The van der Waals surface area contributed by atoms with Crippen molar-refractivity contribution in [3.8, 4) is 5.75 Å². The first kappa shape index (κ1) is 14.5. The van der Waals surface area contributed by atoms with Crippen molar-refractivity contribution in [3.05, 3.63) is 29.8 Å². The summed E-state index contributed by atoms with van der Waals surface area (Å²) >= 11 is 0. The van der Waals surface area contributed by atoms with Crippen LogP contribution < -0.4 is 4.74 Å². The van der Waals surface area contributed by atoms with Gasteiger partial charge in [0.15, 0.2) is 0 Å². The maximum Gasteiger partial charge on any atom is 0.573 e. The lowest BCUT2D eigenvalue weighted by atomic mass is 9.96. The van der Waals surface area contributed by atoms with Crippen LogP contribution in [-0.4, -0.2) is 12.1 Å². The molecule has 1 unspecified atom stereocenters. The number of Topliss-reactive ketones (excluding diaryl/α,β-unsaturated/α-hetero) is 1. The smallest absolute Gasteiger partial charge is 0.406 e. The van der Waals surface area contributed by atoms with Crippen LogP contribution in [0.25, 0.3) is 0 Å². The summed E-state index contributed by atoms with van der Waals surface area (Å²) in [7, 11) is 0. The first-order valence-corrected chi connectivity index (χ1v) is 5.60. The fraction of sp³-hybridized carbons (Fsp3) is 0.462. The molecule has 0 aliphatic carbocycles. The van der Waals surface area contributed by atoms with Gasteiger partial charge in [-0.15, -0.1) is 13.2 Å². The highest BCUT2D eigenvalue weighted by Crippen LogP contribution is 2.23. The van der Waals surface area contributed by atoms with E-state index in [1.807, 2.05) is 6.92 Å². The van der Waals surface area contributed by atoms with Gasteiger partial charge in [-0.05, 0) is 37.0 Å². The quantitative estimate of drug-likeness (QED) is 0.806. The topological polar surface area (TPSA) is 26.3 Å². The zero-order valence-corrected chi connectivity index (χ0v) is 10.3. The second-order valence-electron chi connectivity index (χ2n) is 4.41. The first-order chi connectivity index (χ1) is 8.26. The SMILES string of the molecule is CC(=O)CC(C)Cc1ccc(OC(F)(F)F)cc1. The Hall–Kier alpha value is -1.52. The molecule has 0 saturated heterocycles. The molecule has 0 aliphatic heterocycles. The number of hydrogen-bond donors (Lipinski definition) is 0. The number of halogens is 3. The zero-order valence-electron chi connectivity index (χ0n) is 10.3. The van der Waals surface area contributed by atoms with Gasteiger partial charge in [0.2, 0.25) is 0 Å². The summed E-state index contributed by atoms with van der Waals surface area (Å²) in [6.45, 7) is 3.46. The van der Waals surface area contributed by atoms with E-state index in [-0.39, 0.29) is 17.5 Å². The van der Waals surface area contributed by atoms with Crippen LogP contribution in [0.1, 0.15) is 25.8 Å². The van der Waals surface area contributed by atoms with E-state index in [1.54, 1.807) is 12.1 Å². The van der Waals surface area contributed by atoms with Crippen LogP contribution in [0.4, 0.5) is 13.2 Å². The molecule has 0 fully saturated rings. The molecule has 18 heavy (non-hydrogen) atoms. The average Bonchev–Trinajstić information content (AvgIpc) is 2.17. The molecule has 1 atom stereocenters. The van der Waals surface area contributed by atoms with Crippen molar-refractivity contribution in [1.29, 1.82) is 0 Å². The Morgan fingerprint density at radius 2 is 1.83 bits per heavy atom. The van der Waals surface area contributed by atoms with Crippen LogP contribution in [0.5, 0.6) is 5.75 Å². The third kappa shape index (κ3) is 5.70. The van der Waals surface area contributed by atoms with Gasteiger partial charge in [0.1, 0.15) is 11.5 Å². The number of carbonyl (C=O) groups is 1. The number of rotatable bonds is 5. The van der Waals surface area contributed by atoms with Crippen LogP contribution in [0.15, 0.2) is 24.3 Å². The molecule has 0 bridgehead atoms. The van der Waals surface area contributed by atoms with Crippen LogP contribution in [-0.2, 0) is 11.2 Å². The molecule has 0 spiro atoms. The van der Waals surface area contributed by atoms with Crippen molar-refractivity contribution in [2.24, 2.45) is 5.92 Å². The lowest BCUT2D eigenvalue weighted by Crippen LogP contribution is -2.17. The van der Waals surface area contributed by atoms with E-state index in [0.29, 0.717) is 12.8 Å². The van der Waals surface area contributed by atoms with E-state index in [9.17, 15) is 18.0 Å². The Kier molecular flexibility index (Phi) is 4.76. The third-order valence-electron chi connectivity index (χ3n) is 2.38. The minimum absolute atomic E-state index is 0.111. The van der Waals surface area contributed by atoms with Gasteiger partial charge in [-0.3, -0.25) is 0 Å². The van der Waals surface area contributed by atoms with Crippen molar-refractivity contribution < 1.29 is 22.7 Å². The van der Waals surface area contributed by atoms with Crippen LogP contribution in [0, 0.1) is 5.92 Å². The number of alkyl halides is 3. The van der Waals surface area contributed by atoms with Gasteiger partial charge in [0.05, 0.1) is 0 Å². The van der Waals surface area contributed by atoms with E-state index >= 15 is 0 Å². The van der Waals surface area contributed by atoms with Crippen molar-refractivity contribution in [2.75, 3.05) is 0 Å². The lowest BCUT2D eigenvalue weighted by molar-refractivity contribution is -0.274. The third-order valence-corrected chi connectivity index (χ3v) is 2.38. The minimum Gasteiger partial charge on any atom is -0.406 e. The maximum absolute atomic E-state index is 11.9. The fourth-order valence-corrected chi connectivity index (χ4v) is 1.79. The number of ketones is 1. The first-order valence-electron chi connectivity index (χ1n) is 5.60. The number of hydrogen-bond acceptors (Lipinski definition) is 2. The Bertz CT molecular complexity index is 396. The molecule has 0 heterocycles. The highest BCUT2D eigenvalue weighted by atomic mass is 19.4. The van der Waals surface area contributed by atoms with E-state index in [4.69, 9.17) is 0 Å². The monoisotopic (exact) mass is 260 g/mol. The van der Waals surface area contributed by atoms with Gasteiger partial charge >= 0.3 is 6.36 Å². The number of benzene rings is 1. The summed E-state index contributed by atoms with van der Waals surface area (Å²) in [5.41, 5.74) is 0.887. The number of carbonyl (C=O) groups excluding carboxylic acids is 1. The van der Waals surface area contributed by atoms with Gasteiger partial charge in [-0.2, -0.15) is 0 Å². The molecule has 0 saturated carbocycles. The number of ether oxygens (including phenoxy) is 1. The predicted octanol–water partition coefficient (Wildman–Crippen LogP) is 3.74. The van der Waals surface area contributed by atoms with E-state index in [0.717, 1.165) is 5.56 Å². The normalized spacial score (nSPS) is 13.2. The van der Waals surface area contributed by atoms with Crippen molar-refractivity contribution in [3.63, 3.8) is 0 Å². The molecule has 100 valence electrons. The summed E-state index contributed by atoms with van der Waals surface area (Å²) in [5, 5.41) is 0. The molecule has 0 amide bonds. The summed E-state index contributed by atoms with van der Waals surface area (Å²) < 4.78 is 39.6. The average molecular weight is 260 g/mol. The zero-order chi connectivity index (χ0) is 13.8. The second-order valence-corrected chi connectivity index (χ2v) is 4.41. The van der Waals surface area contributed by atoms with E-state index in [1.165, 1.54) is 19.1 Å². The molecule has 0 N–H and O–H groups in total. The highest BCUT2D eigenvalue weighted by Gasteiger charge is 2.30. The van der Waals surface area contributed by atoms with E-state index in [2.05, 4.69) is 4.74 Å². The molecule has 0 aromatic heterocycles. The molecule has 1 aromatic rings. The largest absolute Gasteiger partial charge is 0.573 e. The Morgan fingerprint density at radius 1 is 1.28 bits per heavy atom. The van der Waals surface area contributed by atoms with E-state index < -0.39 is 6.36 Å². The van der Waals surface area contributed by atoms with Gasteiger partial charge in [-0.25, -0.2) is 0 Å². The van der Waals surface area contributed by atoms with Crippen molar-refractivity contribution >= 4 is 5.78 Å². The van der Waals surface area contributed by atoms with Crippen molar-refractivity contribution in [1.82, 2.24) is 0 Å². The second kappa shape index (κ2) is 5.89. The standard InChI is InChI=1S/C13H15F3O2/c1-9(7-10(2)17)8-11-3-5-12(6-4-11)18-13(14,15)16/h3-6,9H,7-8H2,1-2H3. The molecule has 2 nitrogen and oxygen atoms in total. The maximum atomic E-state index is 11.9. The summed E-state index contributed by atoms with van der Waals surface area (Å²) in [5.74, 6) is 0.0573. The Labute approximate surface area is 104 Å². The van der Waals surface area contributed by atoms with Crippen LogP contribution in [0.3, 0.4) is 0 Å². The summed E-state index contributed by atoms with van der Waals surface area (Å²) in [6, 6.07) is 5.72. The summed E-state index contributed by atoms with van der Waals surface area (Å²) in [6.07, 6.45) is -3.53. The van der Waals surface area contributed by atoms with Gasteiger partial charge in [0, 0.05) is 6.42 Å². The Balaban J connectivity index is 2.57. The molecule has 0 radical (unpaired) electrons. The minimum atomic E-state index is -4.66. The van der Waals surface area contributed by atoms with Crippen LogP contribution in [0.2, 0.25) is 0 Å². The highest BCUT2D eigenvalue weighted by molar-refractivity contribution is 5.75. The molecular formula is C13H15F3O2. The predicted molar refractivity (Wildman–Crippen MR) is 61.3 cm³/mol. The van der Waals surface area contributed by atoms with Crippen molar-refractivity contribution in [2.45, 2.75) is 33.1 Å². The molecular weight excluding hydrogens is 245 g/mol. The Morgan fingerprint density at radius 3 is 2.28 bits per heavy atom. The summed E-state index contributed by atoms with van der Waals surface area (Å²) in [4.78, 5) is 10.9. The molecule has 5 heteroatoms. The van der Waals surface area contributed by atoms with Gasteiger partial charge in [0.25, 0.3) is 0 Å². The lowest BCUT2D eigenvalue weighted by Gasteiger charge is -2.11. The fourth-order valence-electron chi connectivity index (χ4n) is 1.79. The molecule has 0 aliphatic rings. The van der Waals surface area contributed by atoms with Crippen LogP contribution >= 0.6 is 0 Å².